The molecule has 0 atom stereocenters. The van der Waals surface area contributed by atoms with Gasteiger partial charge >= 0.3 is 0 Å². The highest BCUT2D eigenvalue weighted by atomic mass is 16.6. The van der Waals surface area contributed by atoms with Gasteiger partial charge in [0, 0.05) is 36.5 Å². The Morgan fingerprint density at radius 2 is 1.73 bits per heavy atom. The summed E-state index contributed by atoms with van der Waals surface area (Å²) in [5.74, 6) is -0.203. The lowest BCUT2D eigenvalue weighted by Gasteiger charge is -2.23. The average Bonchev–Trinajstić information content (AvgIpc) is 2.56. The van der Waals surface area contributed by atoms with Gasteiger partial charge in [0.25, 0.3) is 5.69 Å². The van der Waals surface area contributed by atoms with Crippen LogP contribution >= 0.6 is 0 Å². The number of nitro groups is 1. The molecule has 0 unspecified atom stereocenters. The summed E-state index contributed by atoms with van der Waals surface area (Å²) in [7, 11) is 0. The van der Waals surface area contributed by atoms with E-state index in [1.54, 1.807) is 30.3 Å². The van der Waals surface area contributed by atoms with Gasteiger partial charge in [-0.05, 0) is 19.9 Å². The number of benzene rings is 2. The van der Waals surface area contributed by atoms with Gasteiger partial charge in [-0.3, -0.25) is 14.9 Å². The van der Waals surface area contributed by atoms with E-state index in [9.17, 15) is 14.9 Å². The predicted octanol–water partition coefficient (Wildman–Crippen LogP) is 3.67. The van der Waals surface area contributed by atoms with Crippen LogP contribution in [-0.2, 0) is 0 Å². The number of rotatable bonds is 6. The Morgan fingerprint density at radius 1 is 1.09 bits per heavy atom. The number of anilines is 1. The maximum Gasteiger partial charge on any atom is 0.270 e. The molecule has 0 aromatic heterocycles. The molecule has 0 fully saturated rings. The normalized spacial score (nSPS) is 10.3. The van der Waals surface area contributed by atoms with Crippen molar-refractivity contribution in [2.24, 2.45) is 0 Å². The number of hydrogen-bond acceptors (Lipinski definition) is 4. The largest absolute Gasteiger partial charge is 0.371 e. The molecule has 0 aliphatic rings. The minimum absolute atomic E-state index is 0.0739. The minimum Gasteiger partial charge on any atom is -0.371 e. The molecule has 0 saturated heterocycles. The van der Waals surface area contributed by atoms with Crippen LogP contribution in [0.2, 0.25) is 0 Å². The van der Waals surface area contributed by atoms with Crippen LogP contribution in [0.1, 0.15) is 29.8 Å². The molecular weight excluding hydrogens is 280 g/mol. The van der Waals surface area contributed by atoms with Crippen LogP contribution in [0, 0.1) is 10.1 Å². The van der Waals surface area contributed by atoms with Gasteiger partial charge in [-0.15, -0.1) is 0 Å². The van der Waals surface area contributed by atoms with Crippen molar-refractivity contribution in [1.82, 2.24) is 0 Å². The molecule has 114 valence electrons. The standard InChI is InChI=1S/C17H18N2O3/c1-3-18(4-2)16-11-10-14(19(21)22)12-15(16)17(20)13-8-6-5-7-9-13/h5-12H,3-4H2,1-2H3. The molecule has 2 aromatic rings. The highest BCUT2D eigenvalue weighted by molar-refractivity contribution is 6.12. The summed E-state index contributed by atoms with van der Waals surface area (Å²) in [5.41, 5.74) is 1.54. The van der Waals surface area contributed by atoms with Crippen LogP contribution in [0.15, 0.2) is 48.5 Å². The van der Waals surface area contributed by atoms with E-state index in [1.165, 1.54) is 12.1 Å². The number of nitrogens with zero attached hydrogens (tertiary/aromatic N) is 2. The number of ketones is 1. The molecule has 5 heteroatoms. The van der Waals surface area contributed by atoms with E-state index in [1.807, 2.05) is 24.8 Å². The Morgan fingerprint density at radius 3 is 2.27 bits per heavy atom. The lowest BCUT2D eigenvalue weighted by atomic mass is 10.00. The molecule has 22 heavy (non-hydrogen) atoms. The van der Waals surface area contributed by atoms with Gasteiger partial charge in [0.15, 0.2) is 5.78 Å². The maximum atomic E-state index is 12.7. The fourth-order valence-corrected chi connectivity index (χ4v) is 2.40. The zero-order valence-electron chi connectivity index (χ0n) is 12.7. The van der Waals surface area contributed by atoms with E-state index >= 15 is 0 Å². The SMILES string of the molecule is CCN(CC)c1ccc([N+](=O)[O-])cc1C(=O)c1ccccc1. The molecule has 0 radical (unpaired) electrons. The average molecular weight is 298 g/mol. The molecule has 0 saturated carbocycles. The van der Waals surface area contributed by atoms with E-state index in [0.717, 1.165) is 18.8 Å². The molecule has 5 nitrogen and oxygen atoms in total. The second kappa shape index (κ2) is 6.85. The van der Waals surface area contributed by atoms with Crippen LogP contribution < -0.4 is 4.90 Å². The van der Waals surface area contributed by atoms with Crippen molar-refractivity contribution in [3.63, 3.8) is 0 Å². The maximum absolute atomic E-state index is 12.7. The first-order chi connectivity index (χ1) is 10.6. The highest BCUT2D eigenvalue weighted by Gasteiger charge is 2.20. The summed E-state index contributed by atoms with van der Waals surface area (Å²) in [4.78, 5) is 25.3. The lowest BCUT2D eigenvalue weighted by molar-refractivity contribution is -0.384. The molecule has 0 N–H and O–H groups in total. The van der Waals surface area contributed by atoms with Crippen LogP contribution in [0.5, 0.6) is 0 Å². The number of non-ortho nitro benzene ring substituents is 1. The van der Waals surface area contributed by atoms with Gasteiger partial charge in [0.2, 0.25) is 0 Å². The predicted molar refractivity (Wildman–Crippen MR) is 86.5 cm³/mol. The second-order valence-corrected chi connectivity index (χ2v) is 4.83. The number of carbonyl (C=O) groups excluding carboxylic acids is 1. The summed E-state index contributed by atoms with van der Waals surface area (Å²) in [6, 6.07) is 13.3. The minimum atomic E-state index is -0.478. The van der Waals surface area contributed by atoms with Crippen molar-refractivity contribution < 1.29 is 9.72 Å². The van der Waals surface area contributed by atoms with Crippen molar-refractivity contribution in [1.29, 1.82) is 0 Å². The van der Waals surface area contributed by atoms with E-state index in [-0.39, 0.29) is 11.5 Å². The molecule has 2 rings (SSSR count). The van der Waals surface area contributed by atoms with Crippen molar-refractivity contribution in [3.05, 3.63) is 69.8 Å². The molecule has 0 heterocycles. The quantitative estimate of drug-likeness (QED) is 0.463. The van der Waals surface area contributed by atoms with Gasteiger partial charge in [-0.2, -0.15) is 0 Å². The zero-order chi connectivity index (χ0) is 16.1. The Labute approximate surface area is 129 Å². The molecule has 0 bridgehead atoms. The van der Waals surface area contributed by atoms with E-state index in [4.69, 9.17) is 0 Å². The van der Waals surface area contributed by atoms with Gasteiger partial charge in [0.1, 0.15) is 0 Å². The summed E-state index contributed by atoms with van der Waals surface area (Å²) < 4.78 is 0. The molecule has 2 aromatic carbocycles. The van der Waals surface area contributed by atoms with Crippen LogP contribution in [0.4, 0.5) is 11.4 Å². The number of hydrogen-bond donors (Lipinski definition) is 0. The first kappa shape index (κ1) is 15.7. The Balaban J connectivity index is 2.57. The molecule has 0 spiro atoms. The fourth-order valence-electron chi connectivity index (χ4n) is 2.40. The molecular formula is C17H18N2O3. The number of nitro benzene ring substituents is 1. The third-order valence-electron chi connectivity index (χ3n) is 3.58. The summed E-state index contributed by atoms with van der Waals surface area (Å²) in [5, 5.41) is 11.0. The summed E-state index contributed by atoms with van der Waals surface area (Å²) in [6.07, 6.45) is 0. The van der Waals surface area contributed by atoms with E-state index in [0.29, 0.717) is 11.1 Å². The first-order valence-electron chi connectivity index (χ1n) is 7.21. The van der Waals surface area contributed by atoms with E-state index in [2.05, 4.69) is 0 Å². The fraction of sp³-hybridized carbons (Fsp3) is 0.235. The van der Waals surface area contributed by atoms with Crippen molar-refractivity contribution in [2.45, 2.75) is 13.8 Å². The van der Waals surface area contributed by atoms with Gasteiger partial charge in [-0.1, -0.05) is 30.3 Å². The molecule has 0 amide bonds. The van der Waals surface area contributed by atoms with Crippen LogP contribution in [0.3, 0.4) is 0 Å². The van der Waals surface area contributed by atoms with Gasteiger partial charge in [0.05, 0.1) is 10.5 Å². The first-order valence-corrected chi connectivity index (χ1v) is 7.21. The van der Waals surface area contributed by atoms with Gasteiger partial charge < -0.3 is 4.90 Å². The van der Waals surface area contributed by atoms with Crippen LogP contribution in [0.25, 0.3) is 0 Å². The zero-order valence-corrected chi connectivity index (χ0v) is 12.7. The summed E-state index contributed by atoms with van der Waals surface area (Å²) in [6.45, 7) is 5.43. The van der Waals surface area contributed by atoms with Crippen molar-refractivity contribution in [2.75, 3.05) is 18.0 Å². The van der Waals surface area contributed by atoms with Gasteiger partial charge in [-0.25, -0.2) is 0 Å². The Kier molecular flexibility index (Phi) is 4.88. The second-order valence-electron chi connectivity index (χ2n) is 4.83. The lowest BCUT2D eigenvalue weighted by Crippen LogP contribution is -2.24. The Hall–Kier alpha value is -2.69. The molecule has 0 aliphatic carbocycles. The monoisotopic (exact) mass is 298 g/mol. The topological polar surface area (TPSA) is 63.4 Å². The third kappa shape index (κ3) is 3.14. The number of carbonyl (C=O) groups is 1. The summed E-state index contributed by atoms with van der Waals surface area (Å²) >= 11 is 0. The third-order valence-corrected chi connectivity index (χ3v) is 3.58. The smallest absolute Gasteiger partial charge is 0.270 e. The Bertz CT molecular complexity index is 680. The molecule has 0 aliphatic heterocycles. The van der Waals surface area contributed by atoms with Crippen LogP contribution in [-0.4, -0.2) is 23.8 Å². The van der Waals surface area contributed by atoms with Crippen molar-refractivity contribution >= 4 is 17.2 Å². The van der Waals surface area contributed by atoms with Crippen molar-refractivity contribution in [3.8, 4) is 0 Å². The highest BCUT2D eigenvalue weighted by Crippen LogP contribution is 2.27. The van der Waals surface area contributed by atoms with E-state index < -0.39 is 4.92 Å².